The van der Waals surface area contributed by atoms with Crippen LogP contribution in [-0.2, 0) is 10.3 Å². The van der Waals surface area contributed by atoms with Crippen molar-refractivity contribution in [3.05, 3.63) is 78.5 Å². The number of para-hydroxylation sites is 1. The van der Waals surface area contributed by atoms with Gasteiger partial charge in [0.2, 0.25) is 0 Å². The van der Waals surface area contributed by atoms with E-state index >= 15 is 0 Å². The minimum absolute atomic E-state index is 0.0198. The van der Waals surface area contributed by atoms with Crippen LogP contribution in [0.15, 0.2) is 48.5 Å². The first-order valence-corrected chi connectivity index (χ1v) is 11.8. The van der Waals surface area contributed by atoms with Crippen LogP contribution >= 0.6 is 32.9 Å². The molecule has 1 amide bonds. The molecule has 1 aromatic heterocycles. The third-order valence-corrected chi connectivity index (χ3v) is 8.55. The maximum Gasteiger partial charge on any atom is 0.269 e. The quantitative estimate of drug-likeness (QED) is 0.145. The number of nitro benzene ring substituents is 1. The maximum atomic E-state index is 13.4. The highest BCUT2D eigenvalue weighted by atomic mass is 32.9. The molecule has 152 valence electrons. The van der Waals surface area contributed by atoms with Crippen molar-refractivity contribution in [3.63, 3.8) is 0 Å². The molecule has 0 bridgehead atoms. The van der Waals surface area contributed by atoms with E-state index in [1.54, 1.807) is 38.9 Å². The van der Waals surface area contributed by atoms with E-state index < -0.39 is 10.5 Å². The van der Waals surface area contributed by atoms with Crippen LogP contribution in [0, 0.1) is 20.9 Å². The summed E-state index contributed by atoms with van der Waals surface area (Å²) in [5, 5.41) is 10.8. The minimum Gasteiger partial charge on any atom is -0.297 e. The smallest absolute Gasteiger partial charge is 0.269 e. The first kappa shape index (κ1) is 20.6. The molecule has 3 aromatic rings. The molecule has 2 aromatic carbocycles. The fourth-order valence-electron chi connectivity index (χ4n) is 3.77. The number of carbonyl (C=O) groups excluding carboxylic acids is 1. The lowest BCUT2D eigenvalue weighted by atomic mass is 9.86. The van der Waals surface area contributed by atoms with Gasteiger partial charge < -0.3 is 0 Å². The monoisotopic (exact) mass is 454 g/mol. The standard InChI is InChI=1S/C22H18N2O3S3/c1-13-5-4-6-16-18-20(29-30-21(18)28)22(2,3)23(19(13)16)17(25)12-9-14-7-10-15(11-8-14)24(26)27/h4-12H,1-3H3/b12-9+. The average molecular weight is 455 g/mol. The summed E-state index contributed by atoms with van der Waals surface area (Å²) in [5.41, 5.74) is 4.13. The van der Waals surface area contributed by atoms with Crippen LogP contribution in [0.25, 0.3) is 17.2 Å². The average Bonchev–Trinajstić information content (AvgIpc) is 3.10. The number of non-ortho nitro benzene ring substituents is 1. The Morgan fingerprint density at radius 3 is 2.53 bits per heavy atom. The fraction of sp³-hybridized carbons (Fsp3) is 0.182. The van der Waals surface area contributed by atoms with Crippen LogP contribution in [0.2, 0.25) is 0 Å². The van der Waals surface area contributed by atoms with Gasteiger partial charge in [-0.15, -0.1) is 0 Å². The molecular formula is C22H18N2O3S3. The molecule has 0 saturated heterocycles. The number of nitro groups is 1. The Bertz CT molecular complexity index is 1250. The van der Waals surface area contributed by atoms with Crippen molar-refractivity contribution in [2.75, 3.05) is 4.90 Å². The Kier molecular flexibility index (Phi) is 5.17. The zero-order valence-corrected chi connectivity index (χ0v) is 19.0. The predicted octanol–water partition coefficient (Wildman–Crippen LogP) is 6.72. The SMILES string of the molecule is Cc1cccc2c1N(C(=O)/C=C/c1ccc([N+](=O)[O-])cc1)C(C)(C)c1ssc(=S)c1-2. The van der Waals surface area contributed by atoms with Gasteiger partial charge in [-0.1, -0.05) is 51.1 Å². The Morgan fingerprint density at radius 2 is 1.87 bits per heavy atom. The van der Waals surface area contributed by atoms with Crippen LogP contribution in [0.4, 0.5) is 11.4 Å². The van der Waals surface area contributed by atoms with Gasteiger partial charge >= 0.3 is 0 Å². The third kappa shape index (κ3) is 3.30. The highest BCUT2D eigenvalue weighted by Crippen LogP contribution is 2.53. The number of aryl methyl sites for hydroxylation is 1. The Hall–Kier alpha value is -2.68. The molecule has 1 aliphatic rings. The predicted molar refractivity (Wildman–Crippen MR) is 126 cm³/mol. The van der Waals surface area contributed by atoms with Crippen molar-refractivity contribution in [2.24, 2.45) is 0 Å². The van der Waals surface area contributed by atoms with Gasteiger partial charge in [-0.2, -0.15) is 0 Å². The molecule has 0 fully saturated rings. The number of hydrogen-bond donors (Lipinski definition) is 0. The van der Waals surface area contributed by atoms with Crippen LogP contribution in [0.3, 0.4) is 0 Å². The minimum atomic E-state index is -0.552. The van der Waals surface area contributed by atoms with E-state index in [1.807, 2.05) is 43.9 Å². The van der Waals surface area contributed by atoms with Crippen LogP contribution < -0.4 is 4.90 Å². The van der Waals surface area contributed by atoms with Crippen molar-refractivity contribution in [3.8, 4) is 11.1 Å². The summed E-state index contributed by atoms with van der Waals surface area (Å²) in [6, 6.07) is 12.1. The van der Waals surface area contributed by atoms with Crippen molar-refractivity contribution in [1.82, 2.24) is 0 Å². The molecule has 0 radical (unpaired) electrons. The number of hydrogen-bond acceptors (Lipinski definition) is 6. The number of benzene rings is 2. The molecule has 0 N–H and O–H groups in total. The molecule has 8 heteroatoms. The molecular weight excluding hydrogens is 436 g/mol. The van der Waals surface area contributed by atoms with Gasteiger partial charge in [0.15, 0.2) is 0 Å². The van der Waals surface area contributed by atoms with Crippen molar-refractivity contribution in [1.29, 1.82) is 0 Å². The first-order chi connectivity index (χ1) is 14.2. The number of carbonyl (C=O) groups is 1. The van der Waals surface area contributed by atoms with E-state index in [2.05, 4.69) is 0 Å². The van der Waals surface area contributed by atoms with E-state index in [0.717, 1.165) is 36.6 Å². The lowest BCUT2D eigenvalue weighted by Gasteiger charge is -2.43. The van der Waals surface area contributed by atoms with Crippen molar-refractivity contribution >= 4 is 56.3 Å². The normalized spacial score (nSPS) is 14.4. The van der Waals surface area contributed by atoms with E-state index in [9.17, 15) is 14.9 Å². The van der Waals surface area contributed by atoms with Crippen molar-refractivity contribution < 1.29 is 9.72 Å². The van der Waals surface area contributed by atoms with Gasteiger partial charge in [-0.05, 0) is 50.1 Å². The number of nitrogens with zero attached hydrogens (tertiary/aromatic N) is 2. The Labute approximate surface area is 186 Å². The Balaban J connectivity index is 1.77. The Morgan fingerprint density at radius 1 is 1.17 bits per heavy atom. The zero-order valence-electron chi connectivity index (χ0n) is 16.5. The van der Waals surface area contributed by atoms with Crippen LogP contribution in [0.5, 0.6) is 0 Å². The summed E-state index contributed by atoms with van der Waals surface area (Å²) in [7, 11) is 3.19. The number of rotatable bonds is 3. The molecule has 1 aliphatic heterocycles. The maximum absolute atomic E-state index is 13.4. The summed E-state index contributed by atoms with van der Waals surface area (Å²) in [6.07, 6.45) is 3.21. The number of anilines is 1. The summed E-state index contributed by atoms with van der Waals surface area (Å²) in [6.45, 7) is 6.08. The second-order valence-corrected chi connectivity index (χ2v) is 10.4. The van der Waals surface area contributed by atoms with E-state index in [0.29, 0.717) is 0 Å². The molecule has 2 heterocycles. The molecule has 0 saturated carbocycles. The van der Waals surface area contributed by atoms with Gasteiger partial charge in [0.25, 0.3) is 11.6 Å². The highest BCUT2D eigenvalue weighted by Gasteiger charge is 2.42. The fourth-order valence-corrected chi connectivity index (χ4v) is 7.05. The van der Waals surface area contributed by atoms with Gasteiger partial charge in [-0.3, -0.25) is 19.8 Å². The summed E-state index contributed by atoms with van der Waals surface area (Å²) < 4.78 is 0.850. The van der Waals surface area contributed by atoms with Gasteiger partial charge in [0.05, 0.1) is 21.0 Å². The molecule has 0 atom stereocenters. The van der Waals surface area contributed by atoms with Crippen molar-refractivity contribution in [2.45, 2.75) is 26.3 Å². The van der Waals surface area contributed by atoms with Gasteiger partial charge in [0.1, 0.15) is 3.82 Å². The van der Waals surface area contributed by atoms with E-state index in [4.69, 9.17) is 12.2 Å². The highest BCUT2D eigenvalue weighted by molar-refractivity contribution is 7.80. The summed E-state index contributed by atoms with van der Waals surface area (Å²) in [5.74, 6) is -0.149. The largest absolute Gasteiger partial charge is 0.297 e. The summed E-state index contributed by atoms with van der Waals surface area (Å²) >= 11 is 5.61. The second-order valence-electron chi connectivity index (χ2n) is 7.54. The molecule has 0 unspecified atom stereocenters. The first-order valence-electron chi connectivity index (χ1n) is 9.22. The molecule has 0 spiro atoms. The second kappa shape index (κ2) is 7.54. The molecule has 5 nitrogen and oxygen atoms in total. The topological polar surface area (TPSA) is 63.5 Å². The van der Waals surface area contributed by atoms with E-state index in [-0.39, 0.29) is 11.6 Å². The summed E-state index contributed by atoms with van der Waals surface area (Å²) in [4.78, 5) is 26.7. The van der Waals surface area contributed by atoms with Crippen LogP contribution in [-0.4, -0.2) is 10.8 Å². The third-order valence-electron chi connectivity index (χ3n) is 5.22. The van der Waals surface area contributed by atoms with E-state index in [1.165, 1.54) is 18.2 Å². The zero-order chi connectivity index (χ0) is 21.6. The van der Waals surface area contributed by atoms with Crippen LogP contribution in [0.1, 0.15) is 29.9 Å². The van der Waals surface area contributed by atoms with Gasteiger partial charge in [-0.25, -0.2) is 0 Å². The van der Waals surface area contributed by atoms with Gasteiger partial charge in [0, 0.05) is 29.3 Å². The number of amides is 1. The lowest BCUT2D eigenvalue weighted by molar-refractivity contribution is -0.384. The number of fused-ring (bicyclic) bond motifs is 3. The molecule has 0 aliphatic carbocycles. The molecule has 4 rings (SSSR count). The molecule has 30 heavy (non-hydrogen) atoms. The lowest BCUT2D eigenvalue weighted by Crippen LogP contribution is -2.47.